The van der Waals surface area contributed by atoms with Gasteiger partial charge in [-0.2, -0.15) is 0 Å². The van der Waals surface area contributed by atoms with Crippen LogP contribution in [0, 0.1) is 17.8 Å². The molecule has 0 bridgehead atoms. The molecule has 1 rings (SSSR count). The van der Waals surface area contributed by atoms with Crippen LogP contribution in [-0.4, -0.2) is 51.2 Å². The van der Waals surface area contributed by atoms with Gasteiger partial charge >= 0.3 is 17.9 Å². The normalized spacial score (nSPS) is 17.3. The maximum atomic E-state index is 12.5. The lowest BCUT2D eigenvalue weighted by molar-refractivity contribution is -0.163. The second-order valence-electron chi connectivity index (χ2n) is 6.23. The topological polar surface area (TPSA) is 108 Å². The van der Waals surface area contributed by atoms with Crippen LogP contribution >= 0.6 is 0 Å². The van der Waals surface area contributed by atoms with E-state index < -0.39 is 35.8 Å². The van der Waals surface area contributed by atoms with Gasteiger partial charge in [-0.25, -0.2) is 4.79 Å². The fraction of sp³-hybridized carbons (Fsp3) is 0.765. The van der Waals surface area contributed by atoms with Gasteiger partial charge in [0.1, 0.15) is 6.04 Å². The first-order chi connectivity index (χ1) is 11.9. The van der Waals surface area contributed by atoms with Crippen molar-refractivity contribution in [2.45, 2.75) is 45.1 Å². The molecule has 0 aromatic rings. The summed E-state index contributed by atoms with van der Waals surface area (Å²) in [4.78, 5) is 48.6. The van der Waals surface area contributed by atoms with Crippen molar-refractivity contribution in [2.75, 3.05) is 21.3 Å². The summed E-state index contributed by atoms with van der Waals surface area (Å²) in [5.74, 6) is -5.07. The Morgan fingerprint density at radius 2 is 1.32 bits per heavy atom. The minimum atomic E-state index is -1.34. The maximum absolute atomic E-state index is 12.5. The molecule has 1 aliphatic carbocycles. The van der Waals surface area contributed by atoms with E-state index in [0.717, 1.165) is 46.3 Å². The molecule has 0 heterocycles. The van der Waals surface area contributed by atoms with Crippen LogP contribution in [0.2, 0.25) is 0 Å². The Balaban J connectivity index is 2.98. The van der Waals surface area contributed by atoms with E-state index in [2.05, 4.69) is 14.8 Å². The number of esters is 3. The summed E-state index contributed by atoms with van der Waals surface area (Å²) in [5.41, 5.74) is 0. The number of methoxy groups -OCH3 is 3. The van der Waals surface area contributed by atoms with Crippen LogP contribution in [0.15, 0.2) is 0 Å². The standard InChI is InChI=1S/C17H27NO7/c1-10(12(15(20)23-2)16(21)24-3)13(17(22)25-4)18-14(19)11-8-6-5-7-9-11/h10-13H,5-9H2,1-4H3,(H,18,19)/t10-,13+/m1/s1. The molecule has 0 unspecified atom stereocenters. The third-order valence-electron chi connectivity index (χ3n) is 4.69. The fourth-order valence-electron chi connectivity index (χ4n) is 3.14. The van der Waals surface area contributed by atoms with Gasteiger partial charge in [0.05, 0.1) is 21.3 Å². The minimum absolute atomic E-state index is 0.178. The van der Waals surface area contributed by atoms with Crippen molar-refractivity contribution in [3.63, 3.8) is 0 Å². The molecule has 0 aromatic carbocycles. The second kappa shape index (κ2) is 10.0. The summed E-state index contributed by atoms with van der Waals surface area (Å²) in [6.07, 6.45) is 4.53. The van der Waals surface area contributed by atoms with Gasteiger partial charge in [0.15, 0.2) is 5.92 Å². The monoisotopic (exact) mass is 357 g/mol. The average molecular weight is 357 g/mol. The zero-order valence-electron chi connectivity index (χ0n) is 15.2. The predicted octanol–water partition coefficient (Wildman–Crippen LogP) is 0.823. The van der Waals surface area contributed by atoms with Crippen LogP contribution in [0.25, 0.3) is 0 Å². The Hall–Kier alpha value is -2.12. The largest absolute Gasteiger partial charge is 0.468 e. The quantitative estimate of drug-likeness (QED) is 0.408. The molecular weight excluding hydrogens is 330 g/mol. The van der Waals surface area contributed by atoms with E-state index in [1.165, 1.54) is 14.0 Å². The van der Waals surface area contributed by atoms with Crippen molar-refractivity contribution in [2.24, 2.45) is 17.8 Å². The fourth-order valence-corrected chi connectivity index (χ4v) is 3.14. The first-order valence-electron chi connectivity index (χ1n) is 8.41. The zero-order valence-corrected chi connectivity index (χ0v) is 15.2. The number of rotatable bonds is 7. The number of hydrogen-bond donors (Lipinski definition) is 1. The second-order valence-corrected chi connectivity index (χ2v) is 6.23. The Labute approximate surface area is 147 Å². The lowest BCUT2D eigenvalue weighted by Crippen LogP contribution is -2.52. The minimum Gasteiger partial charge on any atom is -0.468 e. The summed E-state index contributed by atoms with van der Waals surface area (Å²) in [6, 6.07) is -1.15. The molecule has 8 nitrogen and oxygen atoms in total. The van der Waals surface area contributed by atoms with Crippen molar-refractivity contribution < 1.29 is 33.4 Å². The van der Waals surface area contributed by atoms with E-state index >= 15 is 0 Å². The van der Waals surface area contributed by atoms with Gasteiger partial charge in [0.25, 0.3) is 0 Å². The van der Waals surface area contributed by atoms with Gasteiger partial charge < -0.3 is 19.5 Å². The van der Waals surface area contributed by atoms with E-state index in [1.54, 1.807) is 0 Å². The summed E-state index contributed by atoms with van der Waals surface area (Å²) < 4.78 is 14.0. The Kier molecular flexibility index (Phi) is 8.37. The molecule has 0 saturated heterocycles. The van der Waals surface area contributed by atoms with Gasteiger partial charge in [-0.05, 0) is 12.8 Å². The van der Waals surface area contributed by atoms with Gasteiger partial charge in [0.2, 0.25) is 5.91 Å². The van der Waals surface area contributed by atoms with E-state index in [9.17, 15) is 19.2 Å². The third-order valence-corrected chi connectivity index (χ3v) is 4.69. The van der Waals surface area contributed by atoms with Crippen LogP contribution < -0.4 is 5.32 Å². The number of ether oxygens (including phenoxy) is 3. The number of hydrogen-bond acceptors (Lipinski definition) is 7. The predicted molar refractivity (Wildman–Crippen MR) is 87.2 cm³/mol. The highest BCUT2D eigenvalue weighted by molar-refractivity contribution is 5.96. The van der Waals surface area contributed by atoms with Crippen LogP contribution in [0.3, 0.4) is 0 Å². The van der Waals surface area contributed by atoms with Crippen molar-refractivity contribution in [1.82, 2.24) is 5.32 Å². The van der Waals surface area contributed by atoms with Gasteiger partial charge in [-0.3, -0.25) is 14.4 Å². The van der Waals surface area contributed by atoms with E-state index in [0.29, 0.717) is 0 Å². The van der Waals surface area contributed by atoms with Crippen molar-refractivity contribution in [3.05, 3.63) is 0 Å². The van der Waals surface area contributed by atoms with Crippen LogP contribution in [-0.2, 0) is 33.4 Å². The molecule has 1 N–H and O–H groups in total. The molecule has 0 aromatic heterocycles. The molecular formula is C17H27NO7. The smallest absolute Gasteiger partial charge is 0.328 e. The average Bonchev–Trinajstić information content (AvgIpc) is 2.65. The van der Waals surface area contributed by atoms with E-state index in [-0.39, 0.29) is 11.8 Å². The summed E-state index contributed by atoms with van der Waals surface area (Å²) in [5, 5.41) is 2.65. The van der Waals surface area contributed by atoms with Gasteiger partial charge in [-0.15, -0.1) is 0 Å². The Bertz CT molecular complexity index is 483. The lowest BCUT2D eigenvalue weighted by Gasteiger charge is -2.29. The summed E-state index contributed by atoms with van der Waals surface area (Å²) >= 11 is 0. The highest BCUT2D eigenvalue weighted by atomic mass is 16.5. The zero-order chi connectivity index (χ0) is 19.0. The molecule has 0 spiro atoms. The number of carbonyl (C=O) groups excluding carboxylic acids is 4. The highest BCUT2D eigenvalue weighted by Gasteiger charge is 2.43. The molecule has 0 radical (unpaired) electrons. The molecule has 2 atom stereocenters. The van der Waals surface area contributed by atoms with E-state index in [4.69, 9.17) is 4.74 Å². The van der Waals surface area contributed by atoms with Crippen molar-refractivity contribution >= 4 is 23.8 Å². The Morgan fingerprint density at radius 1 is 0.840 bits per heavy atom. The number of carbonyl (C=O) groups is 4. The first kappa shape index (κ1) is 20.9. The first-order valence-corrected chi connectivity index (χ1v) is 8.41. The number of amides is 1. The molecule has 1 amide bonds. The molecule has 1 aliphatic rings. The summed E-state index contributed by atoms with van der Waals surface area (Å²) in [6.45, 7) is 1.50. The molecule has 25 heavy (non-hydrogen) atoms. The Morgan fingerprint density at radius 3 is 1.76 bits per heavy atom. The third kappa shape index (κ3) is 5.44. The van der Waals surface area contributed by atoms with Crippen LogP contribution in [0.1, 0.15) is 39.0 Å². The molecule has 142 valence electrons. The summed E-state index contributed by atoms with van der Waals surface area (Å²) in [7, 11) is 3.46. The van der Waals surface area contributed by atoms with Crippen molar-refractivity contribution in [3.8, 4) is 0 Å². The van der Waals surface area contributed by atoms with Crippen LogP contribution in [0.5, 0.6) is 0 Å². The van der Waals surface area contributed by atoms with Crippen molar-refractivity contribution in [1.29, 1.82) is 0 Å². The lowest BCUT2D eigenvalue weighted by atomic mass is 9.85. The molecule has 1 saturated carbocycles. The van der Waals surface area contributed by atoms with E-state index in [1.807, 2.05) is 0 Å². The molecule has 8 heteroatoms. The van der Waals surface area contributed by atoms with Gasteiger partial charge in [0, 0.05) is 11.8 Å². The highest BCUT2D eigenvalue weighted by Crippen LogP contribution is 2.25. The maximum Gasteiger partial charge on any atom is 0.328 e. The number of nitrogens with one attached hydrogen (secondary N) is 1. The van der Waals surface area contributed by atoms with Gasteiger partial charge in [-0.1, -0.05) is 26.2 Å². The SMILES string of the molecule is COC(=O)C(C(=O)OC)[C@@H](C)[C@H](NC(=O)C1CCCCC1)C(=O)OC. The molecule has 0 aliphatic heterocycles. The molecule has 1 fully saturated rings. The van der Waals surface area contributed by atoms with Crippen LogP contribution in [0.4, 0.5) is 0 Å².